The van der Waals surface area contributed by atoms with Crippen LogP contribution in [0.15, 0.2) is 74.4 Å². The standard InChI is InChI=1S/C19H17BrN2O4S/c1-13(23)22-16-6-9-18(10-7-16)27(24,25)21-12-17-8-11-19(26-17)14-2-4-15(20)5-3-14/h2-11,21H,12H2,1H3,(H,22,23). The van der Waals surface area contributed by atoms with E-state index in [1.54, 1.807) is 12.1 Å². The van der Waals surface area contributed by atoms with Gasteiger partial charge in [-0.3, -0.25) is 4.79 Å². The largest absolute Gasteiger partial charge is 0.460 e. The Kier molecular flexibility index (Phi) is 5.79. The highest BCUT2D eigenvalue weighted by atomic mass is 79.9. The van der Waals surface area contributed by atoms with Crippen LogP contribution in [-0.2, 0) is 21.4 Å². The van der Waals surface area contributed by atoms with E-state index in [9.17, 15) is 13.2 Å². The van der Waals surface area contributed by atoms with Crippen molar-refractivity contribution in [3.8, 4) is 11.3 Å². The quantitative estimate of drug-likeness (QED) is 0.592. The van der Waals surface area contributed by atoms with E-state index in [2.05, 4.69) is 26.0 Å². The minimum Gasteiger partial charge on any atom is -0.460 e. The van der Waals surface area contributed by atoms with Gasteiger partial charge < -0.3 is 9.73 Å². The first-order valence-electron chi connectivity index (χ1n) is 8.05. The van der Waals surface area contributed by atoms with E-state index in [1.165, 1.54) is 31.2 Å². The molecule has 2 N–H and O–H groups in total. The number of furan rings is 1. The molecule has 140 valence electrons. The fraction of sp³-hybridized carbons (Fsp3) is 0.105. The second-order valence-corrected chi connectivity index (χ2v) is 8.49. The molecular weight excluding hydrogens is 432 g/mol. The molecule has 0 radical (unpaired) electrons. The maximum absolute atomic E-state index is 12.4. The van der Waals surface area contributed by atoms with Gasteiger partial charge >= 0.3 is 0 Å². The molecule has 2 aromatic carbocycles. The maximum Gasteiger partial charge on any atom is 0.240 e. The van der Waals surface area contributed by atoms with Crippen molar-refractivity contribution in [2.75, 3.05) is 5.32 Å². The van der Waals surface area contributed by atoms with E-state index < -0.39 is 10.0 Å². The molecule has 3 aromatic rings. The number of nitrogens with one attached hydrogen (secondary N) is 2. The van der Waals surface area contributed by atoms with Gasteiger partial charge in [-0.2, -0.15) is 0 Å². The Labute approximate surface area is 165 Å². The topological polar surface area (TPSA) is 88.4 Å². The average Bonchev–Trinajstić information content (AvgIpc) is 3.10. The summed E-state index contributed by atoms with van der Waals surface area (Å²) < 4.78 is 34.0. The lowest BCUT2D eigenvalue weighted by Crippen LogP contribution is -2.23. The number of carbonyl (C=O) groups is 1. The molecule has 0 atom stereocenters. The van der Waals surface area contributed by atoms with E-state index >= 15 is 0 Å². The first-order chi connectivity index (χ1) is 12.8. The van der Waals surface area contributed by atoms with Gasteiger partial charge in [0, 0.05) is 22.6 Å². The lowest BCUT2D eigenvalue weighted by molar-refractivity contribution is -0.114. The number of rotatable bonds is 6. The molecule has 0 saturated carbocycles. The summed E-state index contributed by atoms with van der Waals surface area (Å²) in [5.41, 5.74) is 1.44. The summed E-state index contributed by atoms with van der Waals surface area (Å²) in [6, 6.07) is 17.1. The number of amides is 1. The molecule has 27 heavy (non-hydrogen) atoms. The second kappa shape index (κ2) is 8.08. The number of sulfonamides is 1. The van der Waals surface area contributed by atoms with Gasteiger partial charge in [-0.15, -0.1) is 0 Å². The fourth-order valence-electron chi connectivity index (χ4n) is 2.41. The molecule has 0 aliphatic carbocycles. The van der Waals surface area contributed by atoms with E-state index in [1.807, 2.05) is 24.3 Å². The van der Waals surface area contributed by atoms with Crippen LogP contribution in [0.2, 0.25) is 0 Å². The first kappa shape index (κ1) is 19.3. The van der Waals surface area contributed by atoms with Gasteiger partial charge in [-0.1, -0.05) is 28.1 Å². The van der Waals surface area contributed by atoms with Crippen molar-refractivity contribution >= 4 is 37.5 Å². The predicted octanol–water partition coefficient (Wildman–Crippen LogP) is 4.15. The maximum atomic E-state index is 12.4. The molecule has 6 nitrogen and oxygen atoms in total. The SMILES string of the molecule is CC(=O)Nc1ccc(S(=O)(=O)NCc2ccc(-c3ccc(Br)cc3)o2)cc1. The lowest BCUT2D eigenvalue weighted by atomic mass is 10.2. The van der Waals surface area contributed by atoms with E-state index in [-0.39, 0.29) is 17.3 Å². The van der Waals surface area contributed by atoms with Gasteiger partial charge in [0.15, 0.2) is 0 Å². The van der Waals surface area contributed by atoms with Gasteiger partial charge in [0.2, 0.25) is 15.9 Å². The Morgan fingerprint density at radius 1 is 1.00 bits per heavy atom. The van der Waals surface area contributed by atoms with Crippen LogP contribution in [0.25, 0.3) is 11.3 Å². The highest BCUT2D eigenvalue weighted by Gasteiger charge is 2.15. The third-order valence-corrected chi connectivity index (χ3v) is 5.66. The first-order valence-corrected chi connectivity index (χ1v) is 10.3. The number of hydrogen-bond donors (Lipinski definition) is 2. The summed E-state index contributed by atoms with van der Waals surface area (Å²) in [6.07, 6.45) is 0. The Balaban J connectivity index is 1.67. The molecule has 0 aliphatic heterocycles. The van der Waals surface area contributed by atoms with Crippen molar-refractivity contribution in [2.24, 2.45) is 0 Å². The molecule has 1 aromatic heterocycles. The predicted molar refractivity (Wildman–Crippen MR) is 107 cm³/mol. The van der Waals surface area contributed by atoms with Gasteiger partial charge in [-0.25, -0.2) is 13.1 Å². The molecule has 0 bridgehead atoms. The third-order valence-electron chi connectivity index (χ3n) is 3.71. The van der Waals surface area contributed by atoms with Crippen molar-refractivity contribution in [2.45, 2.75) is 18.4 Å². The minimum atomic E-state index is -3.69. The van der Waals surface area contributed by atoms with Crippen LogP contribution in [-0.4, -0.2) is 14.3 Å². The lowest BCUT2D eigenvalue weighted by Gasteiger charge is -2.07. The molecule has 0 fully saturated rings. The Bertz CT molecular complexity index is 1040. The molecule has 0 spiro atoms. The summed E-state index contributed by atoms with van der Waals surface area (Å²) in [5.74, 6) is 0.950. The summed E-state index contributed by atoms with van der Waals surface area (Å²) in [5, 5.41) is 2.59. The molecule has 0 aliphatic rings. The summed E-state index contributed by atoms with van der Waals surface area (Å²) >= 11 is 3.38. The molecule has 1 heterocycles. The smallest absolute Gasteiger partial charge is 0.240 e. The van der Waals surface area contributed by atoms with Crippen LogP contribution in [0.5, 0.6) is 0 Å². The Morgan fingerprint density at radius 3 is 2.30 bits per heavy atom. The molecule has 1 amide bonds. The number of halogens is 1. The number of anilines is 1. The van der Waals surface area contributed by atoms with E-state index in [0.717, 1.165) is 10.0 Å². The summed E-state index contributed by atoms with van der Waals surface area (Å²) in [6.45, 7) is 1.42. The Morgan fingerprint density at radius 2 is 1.67 bits per heavy atom. The summed E-state index contributed by atoms with van der Waals surface area (Å²) in [4.78, 5) is 11.1. The number of carbonyl (C=O) groups excluding carboxylic acids is 1. The van der Waals surface area contributed by atoms with Crippen LogP contribution in [0.3, 0.4) is 0 Å². The van der Waals surface area contributed by atoms with Crippen molar-refractivity contribution in [1.29, 1.82) is 0 Å². The highest BCUT2D eigenvalue weighted by molar-refractivity contribution is 9.10. The summed E-state index contributed by atoms with van der Waals surface area (Å²) in [7, 11) is -3.69. The normalized spacial score (nSPS) is 11.3. The zero-order valence-corrected chi connectivity index (χ0v) is 16.8. The molecule has 3 rings (SSSR count). The van der Waals surface area contributed by atoms with Crippen LogP contribution < -0.4 is 10.0 Å². The molecule has 0 unspecified atom stereocenters. The minimum absolute atomic E-state index is 0.0340. The van der Waals surface area contributed by atoms with Gasteiger partial charge in [0.1, 0.15) is 11.5 Å². The fourth-order valence-corrected chi connectivity index (χ4v) is 3.67. The van der Waals surface area contributed by atoms with Gasteiger partial charge in [-0.05, 0) is 48.5 Å². The van der Waals surface area contributed by atoms with Gasteiger partial charge in [0.05, 0.1) is 11.4 Å². The molecular formula is C19H17BrN2O4S. The average molecular weight is 449 g/mol. The van der Waals surface area contributed by atoms with E-state index in [0.29, 0.717) is 17.2 Å². The zero-order valence-electron chi connectivity index (χ0n) is 14.4. The highest BCUT2D eigenvalue weighted by Crippen LogP contribution is 2.24. The molecule has 8 heteroatoms. The van der Waals surface area contributed by atoms with Crippen LogP contribution >= 0.6 is 15.9 Å². The number of benzene rings is 2. The zero-order chi connectivity index (χ0) is 19.4. The van der Waals surface area contributed by atoms with Crippen LogP contribution in [0.4, 0.5) is 5.69 Å². The second-order valence-electron chi connectivity index (χ2n) is 5.80. The van der Waals surface area contributed by atoms with Crippen LogP contribution in [0.1, 0.15) is 12.7 Å². The van der Waals surface area contributed by atoms with E-state index in [4.69, 9.17) is 4.42 Å². The van der Waals surface area contributed by atoms with Crippen LogP contribution in [0, 0.1) is 0 Å². The Hall–Kier alpha value is -2.42. The van der Waals surface area contributed by atoms with Crippen molar-refractivity contribution in [3.05, 3.63) is 70.9 Å². The monoisotopic (exact) mass is 448 g/mol. The third kappa shape index (κ3) is 5.06. The van der Waals surface area contributed by atoms with Crippen molar-refractivity contribution in [1.82, 2.24) is 4.72 Å². The molecule has 0 saturated heterocycles. The van der Waals surface area contributed by atoms with Crippen molar-refractivity contribution < 1.29 is 17.6 Å². The van der Waals surface area contributed by atoms with Crippen molar-refractivity contribution in [3.63, 3.8) is 0 Å². The number of hydrogen-bond acceptors (Lipinski definition) is 4. The van der Waals surface area contributed by atoms with Gasteiger partial charge in [0.25, 0.3) is 0 Å².